The van der Waals surface area contributed by atoms with Gasteiger partial charge in [-0.25, -0.2) is 4.79 Å². The van der Waals surface area contributed by atoms with Gasteiger partial charge >= 0.3 is 11.9 Å². The largest absolute Gasteiger partial charge is 0.455 e. The van der Waals surface area contributed by atoms with E-state index in [1.165, 1.54) is 12.8 Å². The minimum absolute atomic E-state index is 0.0695. The van der Waals surface area contributed by atoms with Crippen LogP contribution in [0.15, 0.2) is 0 Å². The predicted octanol–water partition coefficient (Wildman–Crippen LogP) is 3.70. The van der Waals surface area contributed by atoms with Crippen LogP contribution in [0.1, 0.15) is 59.3 Å². The van der Waals surface area contributed by atoms with Crippen LogP contribution in [0, 0.1) is 0 Å². The van der Waals surface area contributed by atoms with Crippen LogP contribution >= 0.6 is 0 Å². The molecule has 0 N–H and O–H groups in total. The number of unbranched alkanes of at least 4 members (excludes halogenated alkanes) is 3. The Kier molecular flexibility index (Phi) is 6.17. The highest BCUT2D eigenvalue weighted by molar-refractivity contribution is 5.77. The van der Waals surface area contributed by atoms with Gasteiger partial charge in [0.25, 0.3) is 0 Å². The molecule has 1 fully saturated rings. The molecule has 3 atom stereocenters. The summed E-state index contributed by atoms with van der Waals surface area (Å²) in [6, 6.07) is 0. The molecule has 112 valence electrons. The zero-order chi connectivity index (χ0) is 14.5. The molecule has 0 amide bonds. The number of ether oxygens (including phenoxy) is 2. The van der Waals surface area contributed by atoms with Crippen LogP contribution in [-0.2, 0) is 14.3 Å². The maximum atomic E-state index is 12.8. The molecule has 0 saturated carbocycles. The molecule has 0 bridgehead atoms. The molecular weight excluding hydrogens is 254 g/mol. The highest BCUT2D eigenvalue weighted by Crippen LogP contribution is 2.33. The SMILES string of the molecule is CCCCCCC1OC1C(CC)OC(=O)C(C)(F)F. The first kappa shape index (κ1) is 16.3. The molecule has 1 aliphatic heterocycles. The lowest BCUT2D eigenvalue weighted by Gasteiger charge is -2.17. The van der Waals surface area contributed by atoms with E-state index in [0.29, 0.717) is 13.3 Å². The first-order chi connectivity index (χ1) is 8.90. The minimum atomic E-state index is -3.43. The van der Waals surface area contributed by atoms with Crippen molar-refractivity contribution in [2.75, 3.05) is 0 Å². The molecule has 0 spiro atoms. The molecule has 0 radical (unpaired) electrons. The van der Waals surface area contributed by atoms with E-state index in [1.807, 2.05) is 6.92 Å². The van der Waals surface area contributed by atoms with Crippen molar-refractivity contribution in [3.8, 4) is 0 Å². The average molecular weight is 278 g/mol. The number of hydrogen-bond acceptors (Lipinski definition) is 3. The summed E-state index contributed by atoms with van der Waals surface area (Å²) in [6.07, 6.45) is 5.35. The molecule has 0 aromatic carbocycles. The van der Waals surface area contributed by atoms with Crippen molar-refractivity contribution in [2.24, 2.45) is 0 Å². The van der Waals surface area contributed by atoms with Crippen molar-refractivity contribution < 1.29 is 23.0 Å². The van der Waals surface area contributed by atoms with Crippen molar-refractivity contribution >= 4 is 5.97 Å². The second-order valence-corrected chi connectivity index (χ2v) is 5.23. The lowest BCUT2D eigenvalue weighted by atomic mass is 10.1. The third-order valence-corrected chi connectivity index (χ3v) is 3.35. The van der Waals surface area contributed by atoms with Crippen LogP contribution in [0.25, 0.3) is 0 Å². The van der Waals surface area contributed by atoms with Crippen LogP contribution in [-0.4, -0.2) is 30.2 Å². The van der Waals surface area contributed by atoms with E-state index in [1.54, 1.807) is 0 Å². The first-order valence-electron chi connectivity index (χ1n) is 7.14. The molecule has 1 saturated heterocycles. The third kappa shape index (κ3) is 5.43. The van der Waals surface area contributed by atoms with E-state index in [2.05, 4.69) is 6.92 Å². The van der Waals surface area contributed by atoms with E-state index in [-0.39, 0.29) is 12.2 Å². The van der Waals surface area contributed by atoms with Crippen LogP contribution in [0.5, 0.6) is 0 Å². The van der Waals surface area contributed by atoms with Gasteiger partial charge in [-0.05, 0) is 12.8 Å². The molecule has 19 heavy (non-hydrogen) atoms. The van der Waals surface area contributed by atoms with Gasteiger partial charge in [0.15, 0.2) is 0 Å². The van der Waals surface area contributed by atoms with E-state index >= 15 is 0 Å². The number of rotatable bonds is 9. The molecule has 0 aromatic rings. The van der Waals surface area contributed by atoms with Crippen LogP contribution < -0.4 is 0 Å². The molecule has 1 heterocycles. The van der Waals surface area contributed by atoms with Gasteiger partial charge in [-0.15, -0.1) is 0 Å². The third-order valence-electron chi connectivity index (χ3n) is 3.35. The van der Waals surface area contributed by atoms with E-state index < -0.39 is 18.0 Å². The van der Waals surface area contributed by atoms with Crippen molar-refractivity contribution in [3.05, 3.63) is 0 Å². The fraction of sp³-hybridized carbons (Fsp3) is 0.929. The second-order valence-electron chi connectivity index (χ2n) is 5.23. The maximum Gasteiger partial charge on any atom is 0.377 e. The quantitative estimate of drug-likeness (QED) is 0.367. The van der Waals surface area contributed by atoms with Gasteiger partial charge in [0, 0.05) is 6.92 Å². The van der Waals surface area contributed by atoms with E-state index in [4.69, 9.17) is 9.47 Å². The van der Waals surface area contributed by atoms with Gasteiger partial charge in [0.2, 0.25) is 0 Å². The minimum Gasteiger partial charge on any atom is -0.455 e. The Bertz CT molecular complexity index is 289. The lowest BCUT2D eigenvalue weighted by Crippen LogP contribution is -2.33. The zero-order valence-corrected chi connectivity index (χ0v) is 12.0. The number of hydrogen-bond donors (Lipinski definition) is 0. The van der Waals surface area contributed by atoms with Crippen LogP contribution in [0.4, 0.5) is 8.78 Å². The van der Waals surface area contributed by atoms with Gasteiger partial charge in [-0.2, -0.15) is 8.78 Å². The summed E-state index contributed by atoms with van der Waals surface area (Å²) in [5, 5.41) is 0. The fourth-order valence-electron chi connectivity index (χ4n) is 2.11. The van der Waals surface area contributed by atoms with Gasteiger partial charge in [-0.1, -0.05) is 39.5 Å². The highest BCUT2D eigenvalue weighted by Gasteiger charge is 2.47. The number of carbonyl (C=O) groups is 1. The van der Waals surface area contributed by atoms with E-state index in [0.717, 1.165) is 19.3 Å². The smallest absolute Gasteiger partial charge is 0.377 e. The molecule has 3 nitrogen and oxygen atoms in total. The summed E-state index contributed by atoms with van der Waals surface area (Å²) < 4.78 is 35.8. The molecule has 3 unspecified atom stereocenters. The standard InChI is InChI=1S/C14H24F2O3/c1-4-6-7-8-9-11-12(18-11)10(5-2)19-13(17)14(3,15)16/h10-12H,4-9H2,1-3H3. The zero-order valence-electron chi connectivity index (χ0n) is 12.0. The summed E-state index contributed by atoms with van der Waals surface area (Å²) in [7, 11) is 0. The lowest BCUT2D eigenvalue weighted by molar-refractivity contribution is -0.176. The predicted molar refractivity (Wildman–Crippen MR) is 68.2 cm³/mol. The molecule has 0 aliphatic carbocycles. The van der Waals surface area contributed by atoms with Crippen LogP contribution in [0.2, 0.25) is 0 Å². The van der Waals surface area contributed by atoms with Crippen LogP contribution in [0.3, 0.4) is 0 Å². The Labute approximate surface area is 113 Å². The van der Waals surface area contributed by atoms with Crippen molar-refractivity contribution in [2.45, 2.75) is 83.5 Å². The highest BCUT2D eigenvalue weighted by atomic mass is 19.3. The summed E-state index contributed by atoms with van der Waals surface area (Å²) in [5.41, 5.74) is 0. The fourth-order valence-corrected chi connectivity index (χ4v) is 2.11. The normalized spacial score (nSPS) is 24.1. The summed E-state index contributed by atoms with van der Waals surface area (Å²) >= 11 is 0. The summed E-state index contributed by atoms with van der Waals surface area (Å²) in [5.74, 6) is -4.89. The van der Waals surface area contributed by atoms with Crippen molar-refractivity contribution in [3.63, 3.8) is 0 Å². The number of esters is 1. The number of halogens is 2. The molecule has 1 rings (SSSR count). The Hall–Kier alpha value is -0.710. The van der Waals surface area contributed by atoms with Gasteiger partial charge in [0.1, 0.15) is 12.2 Å². The van der Waals surface area contributed by atoms with Gasteiger partial charge < -0.3 is 9.47 Å². The maximum absolute atomic E-state index is 12.8. The molecule has 5 heteroatoms. The topological polar surface area (TPSA) is 38.8 Å². The monoisotopic (exact) mass is 278 g/mol. The first-order valence-corrected chi connectivity index (χ1v) is 7.14. The molecule has 0 aromatic heterocycles. The molecular formula is C14H24F2O3. The number of epoxide rings is 1. The summed E-state index contributed by atoms with van der Waals surface area (Å²) in [6.45, 7) is 4.51. The Morgan fingerprint density at radius 3 is 2.53 bits per heavy atom. The van der Waals surface area contributed by atoms with Crippen molar-refractivity contribution in [1.82, 2.24) is 0 Å². The second kappa shape index (κ2) is 7.17. The number of carbonyl (C=O) groups excluding carboxylic acids is 1. The Morgan fingerprint density at radius 2 is 2.00 bits per heavy atom. The Balaban J connectivity index is 2.28. The van der Waals surface area contributed by atoms with Gasteiger partial charge in [-0.3, -0.25) is 0 Å². The van der Waals surface area contributed by atoms with Gasteiger partial charge in [0.05, 0.1) is 6.10 Å². The number of alkyl halides is 2. The van der Waals surface area contributed by atoms with Crippen molar-refractivity contribution in [1.29, 1.82) is 0 Å². The van der Waals surface area contributed by atoms with E-state index in [9.17, 15) is 13.6 Å². The average Bonchev–Trinajstić information content (AvgIpc) is 3.09. The molecule has 1 aliphatic rings. The summed E-state index contributed by atoms with van der Waals surface area (Å²) in [4.78, 5) is 11.1. The Morgan fingerprint density at radius 1 is 1.32 bits per heavy atom.